The van der Waals surface area contributed by atoms with Crippen molar-refractivity contribution in [2.75, 3.05) is 26.3 Å². The second kappa shape index (κ2) is 7.91. The molecular weight excluding hydrogens is 322 g/mol. The molecule has 2 aliphatic heterocycles. The van der Waals surface area contributed by atoms with Gasteiger partial charge < -0.3 is 24.3 Å². The number of amides is 2. The Morgan fingerprint density at radius 1 is 1.20 bits per heavy atom. The Hall–Kier alpha value is -2.02. The maximum absolute atomic E-state index is 12.3. The summed E-state index contributed by atoms with van der Waals surface area (Å²) in [5.74, 6) is 0.616. The lowest BCUT2D eigenvalue weighted by molar-refractivity contribution is 0.0747. The van der Waals surface area contributed by atoms with Gasteiger partial charge in [0.25, 0.3) is 5.56 Å². The minimum Gasteiger partial charge on any atom is -0.490 e. The molecule has 1 aromatic heterocycles. The topological polar surface area (TPSA) is 72.8 Å². The van der Waals surface area contributed by atoms with Gasteiger partial charge in [-0.25, -0.2) is 4.79 Å². The lowest BCUT2D eigenvalue weighted by atomic mass is 10.1. The number of rotatable bonds is 3. The van der Waals surface area contributed by atoms with Crippen molar-refractivity contribution in [2.24, 2.45) is 7.05 Å². The zero-order valence-corrected chi connectivity index (χ0v) is 15.0. The molecule has 7 nitrogen and oxygen atoms in total. The molecule has 0 aromatic carbocycles. The molecule has 0 bridgehead atoms. The predicted molar refractivity (Wildman–Crippen MR) is 94.0 cm³/mol. The van der Waals surface area contributed by atoms with Crippen LogP contribution in [0.5, 0.6) is 5.75 Å². The van der Waals surface area contributed by atoms with E-state index < -0.39 is 0 Å². The van der Waals surface area contributed by atoms with Crippen LogP contribution in [0.2, 0.25) is 0 Å². The number of nitrogens with one attached hydrogen (secondary N) is 1. The molecule has 0 atom stereocenters. The van der Waals surface area contributed by atoms with E-state index in [1.807, 2.05) is 17.9 Å². The van der Waals surface area contributed by atoms with E-state index in [2.05, 4.69) is 5.32 Å². The number of hydrogen-bond donors (Lipinski definition) is 1. The van der Waals surface area contributed by atoms with Crippen LogP contribution in [0.4, 0.5) is 4.79 Å². The number of ether oxygens (including phenoxy) is 2. The molecule has 0 aliphatic carbocycles. The van der Waals surface area contributed by atoms with Crippen molar-refractivity contribution in [3.05, 3.63) is 28.2 Å². The van der Waals surface area contributed by atoms with E-state index >= 15 is 0 Å². The molecule has 0 spiro atoms. The maximum Gasteiger partial charge on any atom is 0.317 e. The van der Waals surface area contributed by atoms with Crippen molar-refractivity contribution in [3.8, 4) is 5.75 Å². The van der Waals surface area contributed by atoms with Crippen LogP contribution in [-0.2, 0) is 11.8 Å². The van der Waals surface area contributed by atoms with Gasteiger partial charge in [0.05, 0.1) is 0 Å². The average molecular weight is 349 g/mol. The summed E-state index contributed by atoms with van der Waals surface area (Å²) >= 11 is 0. The number of piperidine rings is 1. The molecule has 7 heteroatoms. The summed E-state index contributed by atoms with van der Waals surface area (Å²) in [4.78, 5) is 26.0. The minimum atomic E-state index is -0.0664. The number of carbonyl (C=O) groups excluding carboxylic acids is 1. The van der Waals surface area contributed by atoms with Crippen molar-refractivity contribution in [2.45, 2.75) is 44.8 Å². The molecule has 2 saturated heterocycles. The highest BCUT2D eigenvalue weighted by atomic mass is 16.5. The normalized spacial score (nSPS) is 19.7. The Labute approximate surface area is 147 Å². The van der Waals surface area contributed by atoms with Crippen LogP contribution in [0, 0.1) is 6.92 Å². The smallest absolute Gasteiger partial charge is 0.317 e. The first-order valence-corrected chi connectivity index (χ1v) is 9.00. The maximum atomic E-state index is 12.3. The van der Waals surface area contributed by atoms with Gasteiger partial charge in [0.1, 0.15) is 11.9 Å². The Morgan fingerprint density at radius 2 is 1.88 bits per heavy atom. The van der Waals surface area contributed by atoms with E-state index in [1.165, 1.54) is 6.07 Å². The Morgan fingerprint density at radius 3 is 2.52 bits per heavy atom. The number of aryl methyl sites for hydroxylation is 1. The first kappa shape index (κ1) is 17.8. The average Bonchev–Trinajstić information content (AvgIpc) is 2.61. The highest BCUT2D eigenvalue weighted by molar-refractivity contribution is 5.74. The van der Waals surface area contributed by atoms with Crippen LogP contribution in [0.1, 0.15) is 31.4 Å². The Kier molecular flexibility index (Phi) is 5.63. The van der Waals surface area contributed by atoms with E-state index in [-0.39, 0.29) is 23.7 Å². The third kappa shape index (κ3) is 4.54. The molecule has 2 amide bonds. The summed E-state index contributed by atoms with van der Waals surface area (Å²) in [7, 11) is 1.75. The summed E-state index contributed by atoms with van der Waals surface area (Å²) in [6.07, 6.45) is 3.35. The molecule has 3 rings (SSSR count). The van der Waals surface area contributed by atoms with E-state index in [0.717, 1.165) is 44.6 Å². The Bertz CT molecular complexity index is 659. The number of pyridine rings is 1. The monoisotopic (exact) mass is 349 g/mol. The van der Waals surface area contributed by atoms with Crippen molar-refractivity contribution in [1.82, 2.24) is 14.8 Å². The molecule has 25 heavy (non-hydrogen) atoms. The first-order valence-electron chi connectivity index (χ1n) is 9.00. The second-order valence-electron chi connectivity index (χ2n) is 6.87. The van der Waals surface area contributed by atoms with Gasteiger partial charge in [-0.3, -0.25) is 4.79 Å². The number of likely N-dealkylation sites (tertiary alicyclic amines) is 1. The van der Waals surface area contributed by atoms with Crippen LogP contribution >= 0.6 is 0 Å². The van der Waals surface area contributed by atoms with Crippen LogP contribution in [0.3, 0.4) is 0 Å². The predicted octanol–water partition coefficient (Wildman–Crippen LogP) is 1.43. The molecule has 2 aliphatic rings. The molecule has 0 unspecified atom stereocenters. The quantitative estimate of drug-likeness (QED) is 0.896. The highest BCUT2D eigenvalue weighted by Crippen LogP contribution is 2.19. The summed E-state index contributed by atoms with van der Waals surface area (Å²) in [6.45, 7) is 4.66. The van der Waals surface area contributed by atoms with Crippen LogP contribution in [-0.4, -0.2) is 53.9 Å². The SMILES string of the molecule is Cc1cc(OC2CCN(C(=O)NC3CCOCC3)CC2)cc(=O)n1C. The van der Waals surface area contributed by atoms with Crippen LogP contribution in [0.25, 0.3) is 0 Å². The summed E-state index contributed by atoms with van der Waals surface area (Å²) in [5.41, 5.74) is 0.805. The molecule has 0 radical (unpaired) electrons. The lowest BCUT2D eigenvalue weighted by Crippen LogP contribution is -2.50. The van der Waals surface area contributed by atoms with Gasteiger partial charge in [-0.2, -0.15) is 0 Å². The molecular formula is C18H27N3O4. The third-order valence-corrected chi connectivity index (χ3v) is 5.06. The van der Waals surface area contributed by atoms with E-state index in [9.17, 15) is 9.59 Å². The number of aromatic nitrogens is 1. The van der Waals surface area contributed by atoms with Gasteiger partial charge in [0, 0.05) is 64.0 Å². The molecule has 138 valence electrons. The zero-order chi connectivity index (χ0) is 17.8. The fourth-order valence-corrected chi connectivity index (χ4v) is 3.28. The minimum absolute atomic E-state index is 0.00905. The summed E-state index contributed by atoms with van der Waals surface area (Å²) in [6, 6.07) is 3.64. The Balaban J connectivity index is 1.48. The van der Waals surface area contributed by atoms with E-state index in [1.54, 1.807) is 11.6 Å². The third-order valence-electron chi connectivity index (χ3n) is 5.06. The number of nitrogens with zero attached hydrogens (tertiary/aromatic N) is 2. The zero-order valence-electron chi connectivity index (χ0n) is 15.0. The summed E-state index contributed by atoms with van der Waals surface area (Å²) in [5, 5.41) is 3.10. The lowest BCUT2D eigenvalue weighted by Gasteiger charge is -2.34. The molecule has 1 aromatic rings. The van der Waals surface area contributed by atoms with Gasteiger partial charge >= 0.3 is 6.03 Å². The van der Waals surface area contributed by atoms with Gasteiger partial charge in [0.15, 0.2) is 0 Å². The van der Waals surface area contributed by atoms with Crippen molar-refractivity contribution >= 4 is 6.03 Å². The van der Waals surface area contributed by atoms with Gasteiger partial charge in [0.2, 0.25) is 0 Å². The van der Waals surface area contributed by atoms with Gasteiger partial charge in [-0.15, -0.1) is 0 Å². The molecule has 3 heterocycles. The summed E-state index contributed by atoms with van der Waals surface area (Å²) < 4.78 is 12.9. The number of urea groups is 1. The largest absolute Gasteiger partial charge is 0.490 e. The van der Waals surface area contributed by atoms with Crippen molar-refractivity contribution < 1.29 is 14.3 Å². The number of carbonyl (C=O) groups is 1. The van der Waals surface area contributed by atoms with E-state index in [4.69, 9.17) is 9.47 Å². The van der Waals surface area contributed by atoms with Crippen LogP contribution < -0.4 is 15.6 Å². The first-order chi connectivity index (χ1) is 12.0. The van der Waals surface area contributed by atoms with Gasteiger partial charge in [-0.05, 0) is 25.8 Å². The van der Waals surface area contributed by atoms with Crippen LogP contribution in [0.15, 0.2) is 16.9 Å². The highest BCUT2D eigenvalue weighted by Gasteiger charge is 2.26. The van der Waals surface area contributed by atoms with Crippen molar-refractivity contribution in [1.29, 1.82) is 0 Å². The fourth-order valence-electron chi connectivity index (χ4n) is 3.28. The van der Waals surface area contributed by atoms with Crippen molar-refractivity contribution in [3.63, 3.8) is 0 Å². The standard InChI is InChI=1S/C18H27N3O4/c1-13-11-16(12-17(22)20(13)2)25-15-3-7-21(8-4-15)18(23)19-14-5-9-24-10-6-14/h11-12,14-15H,3-10H2,1-2H3,(H,19,23). The van der Waals surface area contributed by atoms with E-state index in [0.29, 0.717) is 18.8 Å². The molecule has 2 fully saturated rings. The number of hydrogen-bond acceptors (Lipinski definition) is 4. The molecule has 0 saturated carbocycles. The molecule has 1 N–H and O–H groups in total. The fraction of sp³-hybridized carbons (Fsp3) is 0.667. The van der Waals surface area contributed by atoms with Gasteiger partial charge in [-0.1, -0.05) is 0 Å². The second-order valence-corrected chi connectivity index (χ2v) is 6.87.